The van der Waals surface area contributed by atoms with Crippen LogP contribution in [0.1, 0.15) is 30.6 Å². The monoisotopic (exact) mass is 427 g/mol. The molecule has 0 saturated carbocycles. The van der Waals surface area contributed by atoms with Gasteiger partial charge >= 0.3 is 12.3 Å². The predicted octanol–water partition coefficient (Wildman–Crippen LogP) is 5.54. The molecule has 0 aliphatic rings. The van der Waals surface area contributed by atoms with Crippen molar-refractivity contribution in [2.24, 2.45) is 5.73 Å². The molecule has 0 aliphatic carbocycles. The Morgan fingerprint density at radius 3 is 2.24 bits per heavy atom. The molecule has 1 unspecified atom stereocenters. The van der Waals surface area contributed by atoms with Crippen LogP contribution in [-0.4, -0.2) is 17.9 Å². The van der Waals surface area contributed by atoms with Gasteiger partial charge in [-0.1, -0.05) is 29.8 Å². The van der Waals surface area contributed by atoms with Gasteiger partial charge in [-0.3, -0.25) is 10.8 Å². The van der Waals surface area contributed by atoms with E-state index in [-0.39, 0.29) is 23.2 Å². The van der Waals surface area contributed by atoms with Gasteiger partial charge in [-0.2, -0.15) is 13.2 Å². The first-order valence-electron chi connectivity index (χ1n) is 8.21. The van der Waals surface area contributed by atoms with Gasteiger partial charge in [0.1, 0.15) is 6.10 Å². The molecule has 0 spiro atoms. The van der Waals surface area contributed by atoms with E-state index in [4.69, 9.17) is 37.6 Å². The minimum Gasteiger partial charge on any atom is -0.441 e. The van der Waals surface area contributed by atoms with Gasteiger partial charge in [-0.25, -0.2) is 4.79 Å². The number of ether oxygens (including phenoxy) is 2. The van der Waals surface area contributed by atoms with Crippen LogP contribution >= 0.6 is 11.6 Å². The van der Waals surface area contributed by atoms with Gasteiger partial charge in [0, 0.05) is 17.5 Å². The number of alkyl halides is 3. The van der Waals surface area contributed by atoms with Crippen LogP contribution in [0.3, 0.4) is 0 Å². The van der Waals surface area contributed by atoms with Crippen molar-refractivity contribution in [3.63, 3.8) is 0 Å². The van der Waals surface area contributed by atoms with Crippen molar-refractivity contribution in [2.45, 2.75) is 25.6 Å². The third kappa shape index (κ3) is 6.21. The fourth-order valence-corrected chi connectivity index (χ4v) is 2.81. The molecule has 4 N–H and O–H groups in total. The Morgan fingerprint density at radius 2 is 1.72 bits per heavy atom. The predicted molar refractivity (Wildman–Crippen MR) is 102 cm³/mol. The second-order valence-electron chi connectivity index (χ2n) is 6.02. The molecule has 2 aromatic rings. The normalized spacial score (nSPS) is 12.2. The lowest BCUT2D eigenvalue weighted by Crippen LogP contribution is -2.21. The minimum atomic E-state index is -4.45. The maximum absolute atomic E-state index is 12.8. The lowest BCUT2D eigenvalue weighted by Gasteiger charge is -2.19. The van der Waals surface area contributed by atoms with Crippen molar-refractivity contribution in [1.29, 1.82) is 10.8 Å². The summed E-state index contributed by atoms with van der Waals surface area (Å²) in [5.41, 5.74) is 5.61. The van der Waals surface area contributed by atoms with Crippen LogP contribution in [0, 0.1) is 10.8 Å². The van der Waals surface area contributed by atoms with E-state index in [0.29, 0.717) is 16.7 Å². The summed E-state index contributed by atoms with van der Waals surface area (Å²) in [6, 6.07) is 9.15. The molecule has 6 nitrogen and oxygen atoms in total. The molecule has 2 aromatic carbocycles. The SMILES string of the molecule is CC(=N)OC(=N)CC(OC(N)=O)c1cc(-c2ccc(C(F)(F)F)cc2)ccc1Cl. The fraction of sp³-hybridized carbons (Fsp3) is 0.211. The topological polar surface area (TPSA) is 109 Å². The van der Waals surface area contributed by atoms with Crippen molar-refractivity contribution in [2.75, 3.05) is 0 Å². The number of primary amides is 1. The van der Waals surface area contributed by atoms with Crippen LogP contribution in [-0.2, 0) is 15.7 Å². The molecule has 0 radical (unpaired) electrons. The first-order valence-corrected chi connectivity index (χ1v) is 8.58. The van der Waals surface area contributed by atoms with Gasteiger partial charge in [-0.15, -0.1) is 0 Å². The van der Waals surface area contributed by atoms with E-state index in [1.165, 1.54) is 31.2 Å². The number of nitrogens with one attached hydrogen (secondary N) is 2. The summed E-state index contributed by atoms with van der Waals surface area (Å²) >= 11 is 6.20. The number of rotatable bonds is 5. The van der Waals surface area contributed by atoms with Gasteiger partial charge in [0.15, 0.2) is 11.8 Å². The quantitative estimate of drug-likeness (QED) is 0.430. The Bertz CT molecular complexity index is 931. The number of benzene rings is 2. The van der Waals surface area contributed by atoms with Gasteiger partial charge in [-0.05, 0) is 35.4 Å². The number of nitrogens with two attached hydrogens (primary N) is 1. The molecule has 0 saturated heterocycles. The van der Waals surface area contributed by atoms with E-state index in [2.05, 4.69) is 0 Å². The second-order valence-corrected chi connectivity index (χ2v) is 6.43. The number of halogens is 4. The maximum Gasteiger partial charge on any atom is 0.416 e. The fourth-order valence-electron chi connectivity index (χ4n) is 2.57. The zero-order chi connectivity index (χ0) is 21.8. The average molecular weight is 428 g/mol. The van der Waals surface area contributed by atoms with Crippen LogP contribution in [0.4, 0.5) is 18.0 Å². The molecular weight excluding hydrogens is 411 g/mol. The Labute approximate surface area is 169 Å². The lowest BCUT2D eigenvalue weighted by molar-refractivity contribution is -0.137. The van der Waals surface area contributed by atoms with Gasteiger partial charge < -0.3 is 15.2 Å². The Hall–Kier alpha value is -3.07. The molecule has 0 fully saturated rings. The van der Waals surface area contributed by atoms with Crippen molar-refractivity contribution in [1.82, 2.24) is 0 Å². The van der Waals surface area contributed by atoms with Crippen LogP contribution < -0.4 is 5.73 Å². The van der Waals surface area contributed by atoms with Crippen LogP contribution in [0.2, 0.25) is 5.02 Å². The summed E-state index contributed by atoms with van der Waals surface area (Å²) in [6.07, 6.45) is -6.88. The van der Waals surface area contributed by atoms with Crippen molar-refractivity contribution in [3.8, 4) is 11.1 Å². The largest absolute Gasteiger partial charge is 0.441 e. The molecule has 0 heterocycles. The highest BCUT2D eigenvalue weighted by atomic mass is 35.5. The highest BCUT2D eigenvalue weighted by Gasteiger charge is 2.30. The smallest absolute Gasteiger partial charge is 0.416 e. The molecule has 154 valence electrons. The van der Waals surface area contributed by atoms with Gasteiger partial charge in [0.05, 0.1) is 12.0 Å². The Morgan fingerprint density at radius 1 is 1.14 bits per heavy atom. The van der Waals surface area contributed by atoms with Gasteiger partial charge in [0.2, 0.25) is 0 Å². The Kier molecular flexibility index (Phi) is 6.86. The standard InChI is InChI=1S/C19H17ClF3N3O3/c1-10(24)28-17(25)9-16(29-18(26)27)14-8-12(4-7-15(14)20)11-2-5-13(6-3-11)19(21,22)23/h2-8,16,24-25H,9H2,1H3,(H2,26,27). The summed E-state index contributed by atoms with van der Waals surface area (Å²) in [6.45, 7) is 1.33. The van der Waals surface area contributed by atoms with Crippen molar-refractivity contribution >= 4 is 29.5 Å². The molecule has 1 atom stereocenters. The number of hydrogen-bond acceptors (Lipinski definition) is 5. The molecule has 0 bridgehead atoms. The number of carbonyl (C=O) groups excluding carboxylic acids is 1. The van der Waals surface area contributed by atoms with Crippen molar-refractivity contribution < 1.29 is 27.4 Å². The first kappa shape index (κ1) is 22.2. The summed E-state index contributed by atoms with van der Waals surface area (Å²) in [5, 5.41) is 15.2. The number of amides is 1. The van der Waals surface area contributed by atoms with E-state index in [9.17, 15) is 18.0 Å². The minimum absolute atomic E-state index is 0.200. The summed E-state index contributed by atoms with van der Waals surface area (Å²) < 4.78 is 48.2. The van der Waals surface area contributed by atoms with E-state index < -0.39 is 23.9 Å². The van der Waals surface area contributed by atoms with Crippen LogP contribution in [0.5, 0.6) is 0 Å². The molecular formula is C19H17ClF3N3O3. The molecule has 29 heavy (non-hydrogen) atoms. The number of hydrogen-bond donors (Lipinski definition) is 3. The Balaban J connectivity index is 2.39. The van der Waals surface area contributed by atoms with E-state index in [1.54, 1.807) is 6.07 Å². The summed E-state index contributed by atoms with van der Waals surface area (Å²) in [5.74, 6) is -0.572. The molecule has 10 heteroatoms. The van der Waals surface area contributed by atoms with Crippen molar-refractivity contribution in [3.05, 3.63) is 58.6 Å². The molecule has 0 aromatic heterocycles. The summed E-state index contributed by atoms with van der Waals surface area (Å²) in [4.78, 5) is 11.3. The lowest BCUT2D eigenvalue weighted by atomic mass is 9.98. The zero-order valence-corrected chi connectivity index (χ0v) is 15.9. The van der Waals surface area contributed by atoms with Crippen LogP contribution in [0.25, 0.3) is 11.1 Å². The third-order valence-electron chi connectivity index (χ3n) is 3.79. The van der Waals surface area contributed by atoms with Gasteiger partial charge in [0.25, 0.3) is 0 Å². The maximum atomic E-state index is 12.8. The summed E-state index contributed by atoms with van der Waals surface area (Å²) in [7, 11) is 0. The van der Waals surface area contributed by atoms with E-state index in [1.807, 2.05) is 0 Å². The molecule has 1 amide bonds. The highest BCUT2D eigenvalue weighted by Crippen LogP contribution is 2.35. The third-order valence-corrected chi connectivity index (χ3v) is 4.14. The average Bonchev–Trinajstić information content (AvgIpc) is 2.60. The molecule has 0 aliphatic heterocycles. The van der Waals surface area contributed by atoms with E-state index in [0.717, 1.165) is 12.1 Å². The second kappa shape index (κ2) is 8.95. The van der Waals surface area contributed by atoms with Crippen LogP contribution in [0.15, 0.2) is 42.5 Å². The first-order chi connectivity index (χ1) is 13.5. The highest BCUT2D eigenvalue weighted by molar-refractivity contribution is 6.31. The molecule has 2 rings (SSSR count). The number of carbonyl (C=O) groups is 1. The zero-order valence-electron chi connectivity index (χ0n) is 15.1. The van der Waals surface area contributed by atoms with E-state index >= 15 is 0 Å².